The van der Waals surface area contributed by atoms with Crippen molar-refractivity contribution in [1.82, 2.24) is 4.98 Å². The summed E-state index contributed by atoms with van der Waals surface area (Å²) in [5.41, 5.74) is 1.32. The zero-order valence-electron chi connectivity index (χ0n) is 10.7. The molecule has 1 aliphatic rings. The van der Waals surface area contributed by atoms with Crippen LogP contribution in [0.15, 0.2) is 12.3 Å². The third kappa shape index (κ3) is 2.69. The highest BCUT2D eigenvalue weighted by Crippen LogP contribution is 2.26. The minimum Gasteiger partial charge on any atom is -0.481 e. The Hall–Kier alpha value is -1.67. The van der Waals surface area contributed by atoms with Crippen molar-refractivity contribution in [1.29, 1.82) is 0 Å². The van der Waals surface area contributed by atoms with Crippen LogP contribution in [-0.4, -0.2) is 38.2 Å². The molecule has 0 radical (unpaired) electrons. The van der Waals surface area contributed by atoms with E-state index in [-0.39, 0.29) is 18.9 Å². The fraction of sp³-hybridized carbons (Fsp3) is 0.455. The lowest BCUT2D eigenvalue weighted by molar-refractivity contribution is -0.117. The predicted molar refractivity (Wildman–Crippen MR) is 69.4 cm³/mol. The molecular weight excluding hydrogens is 270 g/mol. The van der Waals surface area contributed by atoms with Crippen molar-refractivity contribution in [3.05, 3.63) is 17.8 Å². The molecule has 1 aromatic heterocycles. The SMILES string of the molecule is COc1ncc(N2CC(S(N)(=O)=O)CC2=O)cc1C. The first kappa shape index (κ1) is 13.8. The van der Waals surface area contributed by atoms with Crippen molar-refractivity contribution in [2.45, 2.75) is 18.6 Å². The van der Waals surface area contributed by atoms with Gasteiger partial charge in [0.2, 0.25) is 21.8 Å². The molecule has 1 aromatic rings. The largest absolute Gasteiger partial charge is 0.481 e. The average Bonchev–Trinajstić information content (AvgIpc) is 2.71. The molecule has 1 saturated heterocycles. The third-order valence-corrected chi connectivity index (χ3v) is 4.32. The molecule has 0 spiro atoms. The maximum atomic E-state index is 11.8. The predicted octanol–water partition coefficient (Wildman–Crippen LogP) is -0.208. The van der Waals surface area contributed by atoms with Gasteiger partial charge in [-0.15, -0.1) is 0 Å². The third-order valence-electron chi connectivity index (χ3n) is 3.07. The fourth-order valence-corrected chi connectivity index (χ4v) is 2.78. The first-order valence-electron chi connectivity index (χ1n) is 5.65. The van der Waals surface area contributed by atoms with Gasteiger partial charge in [0, 0.05) is 18.5 Å². The number of carbonyl (C=O) groups is 1. The number of hydrogen-bond donors (Lipinski definition) is 1. The first-order valence-corrected chi connectivity index (χ1v) is 7.26. The van der Waals surface area contributed by atoms with Crippen molar-refractivity contribution in [3.63, 3.8) is 0 Å². The van der Waals surface area contributed by atoms with E-state index in [2.05, 4.69) is 4.98 Å². The van der Waals surface area contributed by atoms with Crippen LogP contribution in [0.4, 0.5) is 5.69 Å². The molecular formula is C11H15N3O4S. The highest BCUT2D eigenvalue weighted by molar-refractivity contribution is 7.89. The number of rotatable bonds is 3. The van der Waals surface area contributed by atoms with Crippen LogP contribution in [-0.2, 0) is 14.8 Å². The van der Waals surface area contributed by atoms with Gasteiger partial charge in [-0.3, -0.25) is 4.79 Å². The maximum absolute atomic E-state index is 11.8. The molecule has 0 saturated carbocycles. The molecule has 2 N–H and O–H groups in total. The number of sulfonamides is 1. The summed E-state index contributed by atoms with van der Waals surface area (Å²) < 4.78 is 27.6. The molecule has 2 rings (SSSR count). The second-order valence-electron chi connectivity index (χ2n) is 4.44. The van der Waals surface area contributed by atoms with E-state index < -0.39 is 15.3 Å². The van der Waals surface area contributed by atoms with Crippen LogP contribution in [0.1, 0.15) is 12.0 Å². The van der Waals surface area contributed by atoms with Crippen LogP contribution < -0.4 is 14.8 Å². The molecule has 0 aromatic carbocycles. The van der Waals surface area contributed by atoms with E-state index in [9.17, 15) is 13.2 Å². The second kappa shape index (κ2) is 4.78. The van der Waals surface area contributed by atoms with E-state index in [1.54, 1.807) is 13.0 Å². The summed E-state index contributed by atoms with van der Waals surface area (Å²) >= 11 is 0. The molecule has 0 bridgehead atoms. The lowest BCUT2D eigenvalue weighted by atomic mass is 10.2. The fourth-order valence-electron chi connectivity index (χ4n) is 2.05. The number of pyridine rings is 1. The summed E-state index contributed by atoms with van der Waals surface area (Å²) in [4.78, 5) is 17.3. The van der Waals surface area contributed by atoms with Gasteiger partial charge in [-0.2, -0.15) is 0 Å². The quantitative estimate of drug-likeness (QED) is 0.828. The molecule has 7 nitrogen and oxygen atoms in total. The summed E-state index contributed by atoms with van der Waals surface area (Å²) in [7, 11) is -2.20. The molecule has 1 unspecified atom stereocenters. The Kier molecular flexibility index (Phi) is 3.46. The van der Waals surface area contributed by atoms with E-state index >= 15 is 0 Å². The number of anilines is 1. The lowest BCUT2D eigenvalue weighted by Crippen LogP contribution is -2.32. The van der Waals surface area contributed by atoms with E-state index in [0.29, 0.717) is 11.6 Å². The van der Waals surface area contributed by atoms with Crippen LogP contribution >= 0.6 is 0 Å². The van der Waals surface area contributed by atoms with E-state index in [0.717, 1.165) is 5.56 Å². The Balaban J connectivity index is 2.28. The first-order chi connectivity index (χ1) is 8.82. The normalized spacial score (nSPS) is 19.8. The molecule has 1 amide bonds. The Morgan fingerprint density at radius 2 is 2.21 bits per heavy atom. The standard InChI is InChI=1S/C11H15N3O4S/c1-7-3-8(5-13-11(7)18-2)14-6-9(4-10(14)15)19(12,16)17/h3,5,9H,4,6H2,1-2H3,(H2,12,16,17). The van der Waals surface area contributed by atoms with Crippen molar-refractivity contribution in [2.24, 2.45) is 5.14 Å². The number of aryl methyl sites for hydroxylation is 1. The highest BCUT2D eigenvalue weighted by atomic mass is 32.2. The van der Waals surface area contributed by atoms with Gasteiger partial charge in [0.05, 0.1) is 19.0 Å². The van der Waals surface area contributed by atoms with Gasteiger partial charge in [-0.25, -0.2) is 18.5 Å². The Morgan fingerprint density at radius 1 is 1.53 bits per heavy atom. The monoisotopic (exact) mass is 285 g/mol. The smallest absolute Gasteiger partial charge is 0.228 e. The lowest BCUT2D eigenvalue weighted by Gasteiger charge is -2.17. The number of amides is 1. The van der Waals surface area contributed by atoms with Gasteiger partial charge >= 0.3 is 0 Å². The van der Waals surface area contributed by atoms with Gasteiger partial charge < -0.3 is 9.64 Å². The van der Waals surface area contributed by atoms with E-state index in [1.807, 2.05) is 0 Å². The molecule has 1 fully saturated rings. The molecule has 19 heavy (non-hydrogen) atoms. The van der Waals surface area contributed by atoms with Gasteiger partial charge in [0.1, 0.15) is 5.25 Å². The number of nitrogens with two attached hydrogens (primary N) is 1. The number of ether oxygens (including phenoxy) is 1. The molecule has 1 aliphatic heterocycles. The molecule has 2 heterocycles. The number of methoxy groups -OCH3 is 1. The average molecular weight is 285 g/mol. The molecule has 1 atom stereocenters. The van der Waals surface area contributed by atoms with Crippen LogP contribution in [0.5, 0.6) is 5.88 Å². The van der Waals surface area contributed by atoms with Gasteiger partial charge in [-0.05, 0) is 13.0 Å². The van der Waals surface area contributed by atoms with Gasteiger partial charge in [0.25, 0.3) is 0 Å². The molecule has 0 aliphatic carbocycles. The summed E-state index contributed by atoms with van der Waals surface area (Å²) in [6, 6.07) is 1.73. The van der Waals surface area contributed by atoms with Crippen LogP contribution in [0, 0.1) is 6.92 Å². The van der Waals surface area contributed by atoms with Crippen molar-refractivity contribution < 1.29 is 17.9 Å². The molecule has 8 heteroatoms. The van der Waals surface area contributed by atoms with Crippen LogP contribution in [0.2, 0.25) is 0 Å². The minimum absolute atomic E-state index is 0.0606. The number of nitrogens with zero attached hydrogens (tertiary/aromatic N) is 2. The summed E-state index contributed by atoms with van der Waals surface area (Å²) in [6.45, 7) is 1.86. The van der Waals surface area contributed by atoms with Crippen molar-refractivity contribution in [3.8, 4) is 5.88 Å². The topological polar surface area (TPSA) is 103 Å². The van der Waals surface area contributed by atoms with E-state index in [4.69, 9.17) is 9.88 Å². The Bertz CT molecular complexity index is 614. The minimum atomic E-state index is -3.71. The number of carbonyl (C=O) groups excluding carboxylic acids is 1. The second-order valence-corrected chi connectivity index (χ2v) is 6.28. The zero-order chi connectivity index (χ0) is 14.2. The van der Waals surface area contributed by atoms with Gasteiger partial charge in [-0.1, -0.05) is 0 Å². The van der Waals surface area contributed by atoms with Crippen molar-refractivity contribution in [2.75, 3.05) is 18.6 Å². The summed E-state index contributed by atoms with van der Waals surface area (Å²) in [6.07, 6.45) is 1.39. The summed E-state index contributed by atoms with van der Waals surface area (Å²) in [5.74, 6) is 0.198. The Labute approximate surface area is 111 Å². The number of primary sulfonamides is 1. The van der Waals surface area contributed by atoms with Gasteiger partial charge in [0.15, 0.2) is 0 Å². The Morgan fingerprint density at radius 3 is 2.68 bits per heavy atom. The zero-order valence-corrected chi connectivity index (χ0v) is 11.5. The number of aromatic nitrogens is 1. The van der Waals surface area contributed by atoms with E-state index in [1.165, 1.54) is 18.2 Å². The molecule has 104 valence electrons. The summed E-state index contributed by atoms with van der Waals surface area (Å²) in [5, 5.41) is 4.22. The number of hydrogen-bond acceptors (Lipinski definition) is 5. The highest BCUT2D eigenvalue weighted by Gasteiger charge is 2.37. The maximum Gasteiger partial charge on any atom is 0.228 e. The van der Waals surface area contributed by atoms with Crippen LogP contribution in [0.25, 0.3) is 0 Å². The van der Waals surface area contributed by atoms with Crippen molar-refractivity contribution >= 4 is 21.6 Å². The van der Waals surface area contributed by atoms with Crippen LogP contribution in [0.3, 0.4) is 0 Å².